The summed E-state index contributed by atoms with van der Waals surface area (Å²) in [5.74, 6) is -2.44. The van der Waals surface area contributed by atoms with Gasteiger partial charge in [0, 0.05) is 11.3 Å². The van der Waals surface area contributed by atoms with Gasteiger partial charge in [-0.1, -0.05) is 30.3 Å². The van der Waals surface area contributed by atoms with Gasteiger partial charge in [-0.15, -0.1) is 0 Å². The number of aromatic carboxylic acids is 1. The van der Waals surface area contributed by atoms with Gasteiger partial charge in [-0.05, 0) is 42.0 Å². The lowest BCUT2D eigenvalue weighted by Crippen LogP contribution is -2.20. The molecular weight excluding hydrogens is 400 g/mol. The second-order valence-electron chi connectivity index (χ2n) is 6.61. The maximum atomic E-state index is 12.9. The molecule has 3 aromatic rings. The third-order valence-electron chi connectivity index (χ3n) is 4.59. The average Bonchev–Trinajstić information content (AvgIpc) is 2.79. The van der Waals surface area contributed by atoms with Crippen LogP contribution in [0, 0.1) is 0 Å². The molecule has 0 atom stereocenters. The van der Waals surface area contributed by atoms with Crippen molar-refractivity contribution in [2.75, 3.05) is 10.6 Å². The monoisotopic (exact) mass is 420 g/mol. The van der Waals surface area contributed by atoms with Gasteiger partial charge in [0.05, 0.1) is 35.6 Å². The number of aliphatic hydroxyl groups excluding tert-OH is 2. The second-order valence-corrected chi connectivity index (χ2v) is 6.61. The molecule has 0 aromatic heterocycles. The number of para-hydroxylation sites is 1. The first kappa shape index (κ1) is 21.7. The van der Waals surface area contributed by atoms with Crippen LogP contribution in [0.5, 0.6) is 0 Å². The van der Waals surface area contributed by atoms with Gasteiger partial charge in [-0.3, -0.25) is 9.59 Å². The Bertz CT molecular complexity index is 1140. The van der Waals surface area contributed by atoms with E-state index in [4.69, 9.17) is 0 Å². The van der Waals surface area contributed by atoms with E-state index in [2.05, 4.69) is 10.6 Å². The molecule has 0 fully saturated rings. The lowest BCUT2D eigenvalue weighted by atomic mass is 10.1. The van der Waals surface area contributed by atoms with Gasteiger partial charge in [0.15, 0.2) is 0 Å². The van der Waals surface area contributed by atoms with E-state index in [1.165, 1.54) is 30.3 Å². The van der Waals surface area contributed by atoms with Crippen molar-refractivity contribution in [3.8, 4) is 0 Å². The molecule has 3 aromatic carbocycles. The van der Waals surface area contributed by atoms with Crippen LogP contribution in [0.2, 0.25) is 0 Å². The van der Waals surface area contributed by atoms with Crippen LogP contribution < -0.4 is 10.6 Å². The molecule has 8 nitrogen and oxygen atoms in total. The molecule has 0 radical (unpaired) electrons. The number of aliphatic hydroxyl groups is 2. The summed E-state index contributed by atoms with van der Waals surface area (Å²) in [6, 6.07) is 16.8. The lowest BCUT2D eigenvalue weighted by molar-refractivity contribution is 0.0692. The first-order valence-corrected chi connectivity index (χ1v) is 9.32. The average molecular weight is 420 g/mol. The number of carboxylic acid groups (broad SMARTS) is 1. The van der Waals surface area contributed by atoms with Crippen molar-refractivity contribution >= 4 is 29.2 Å². The molecule has 158 valence electrons. The Morgan fingerprint density at radius 2 is 1.26 bits per heavy atom. The maximum absolute atomic E-state index is 12.9. The summed E-state index contributed by atoms with van der Waals surface area (Å²) in [5, 5.41) is 33.4. The van der Waals surface area contributed by atoms with Crippen LogP contribution in [0.4, 0.5) is 11.4 Å². The first-order chi connectivity index (χ1) is 14.9. The van der Waals surface area contributed by atoms with E-state index in [0.29, 0.717) is 16.8 Å². The van der Waals surface area contributed by atoms with Gasteiger partial charge >= 0.3 is 5.97 Å². The predicted octanol–water partition coefficient (Wildman–Crippen LogP) is 2.87. The van der Waals surface area contributed by atoms with Crippen LogP contribution >= 0.6 is 0 Å². The zero-order chi connectivity index (χ0) is 22.4. The van der Waals surface area contributed by atoms with E-state index < -0.39 is 17.8 Å². The molecule has 0 bridgehead atoms. The van der Waals surface area contributed by atoms with Crippen molar-refractivity contribution in [1.29, 1.82) is 0 Å². The maximum Gasteiger partial charge on any atom is 0.336 e. The molecule has 31 heavy (non-hydrogen) atoms. The van der Waals surface area contributed by atoms with Crippen LogP contribution in [0.1, 0.15) is 42.2 Å². The van der Waals surface area contributed by atoms with Crippen molar-refractivity contribution in [1.82, 2.24) is 0 Å². The van der Waals surface area contributed by atoms with Gasteiger partial charge in [0.2, 0.25) is 0 Å². The molecule has 2 amide bonds. The molecule has 3 rings (SSSR count). The van der Waals surface area contributed by atoms with Crippen molar-refractivity contribution in [3.63, 3.8) is 0 Å². The van der Waals surface area contributed by atoms with Gasteiger partial charge in [0.25, 0.3) is 11.8 Å². The molecule has 0 aliphatic rings. The van der Waals surface area contributed by atoms with E-state index in [1.807, 2.05) is 0 Å². The Kier molecular flexibility index (Phi) is 6.76. The number of nitrogens with one attached hydrogen (secondary N) is 2. The fourth-order valence-corrected chi connectivity index (χ4v) is 3.04. The third-order valence-corrected chi connectivity index (χ3v) is 4.59. The van der Waals surface area contributed by atoms with Gasteiger partial charge < -0.3 is 26.0 Å². The topological polar surface area (TPSA) is 136 Å². The van der Waals surface area contributed by atoms with Crippen LogP contribution in [0.15, 0.2) is 66.7 Å². The molecule has 0 heterocycles. The van der Waals surface area contributed by atoms with E-state index in [1.54, 1.807) is 36.4 Å². The van der Waals surface area contributed by atoms with Crippen molar-refractivity contribution in [2.24, 2.45) is 0 Å². The Labute approximate surface area is 177 Å². The SMILES string of the molecule is O=C(Nc1ccc(CO)cc1CO)c1ccccc1NC(=O)c1ccccc1C(=O)O. The lowest BCUT2D eigenvalue weighted by Gasteiger charge is -2.14. The smallest absolute Gasteiger partial charge is 0.336 e. The standard InChI is InChI=1S/C23H20N2O6/c26-12-14-9-10-19(15(11-14)13-27)24-22(29)18-7-3-4-8-20(18)25-21(28)16-5-1-2-6-17(16)23(30)31/h1-11,26-27H,12-13H2,(H,24,29)(H,25,28)(H,30,31). The number of hydrogen-bond donors (Lipinski definition) is 5. The number of anilines is 2. The summed E-state index contributed by atoms with van der Waals surface area (Å²) >= 11 is 0. The van der Waals surface area contributed by atoms with Crippen LogP contribution in [0.3, 0.4) is 0 Å². The number of carbonyl (C=O) groups excluding carboxylic acids is 2. The second kappa shape index (κ2) is 9.66. The first-order valence-electron chi connectivity index (χ1n) is 9.32. The Hall–Kier alpha value is -4.01. The largest absolute Gasteiger partial charge is 0.478 e. The summed E-state index contributed by atoms with van der Waals surface area (Å²) in [5.41, 5.74) is 1.54. The summed E-state index contributed by atoms with van der Waals surface area (Å²) in [6.45, 7) is -0.540. The highest BCUT2D eigenvalue weighted by atomic mass is 16.4. The van der Waals surface area contributed by atoms with Crippen molar-refractivity contribution in [2.45, 2.75) is 13.2 Å². The fraction of sp³-hybridized carbons (Fsp3) is 0.0870. The van der Waals surface area contributed by atoms with Crippen LogP contribution in [-0.2, 0) is 13.2 Å². The van der Waals surface area contributed by atoms with Gasteiger partial charge in [-0.25, -0.2) is 4.79 Å². The summed E-state index contributed by atoms with van der Waals surface area (Å²) in [6.07, 6.45) is 0. The highest BCUT2D eigenvalue weighted by Crippen LogP contribution is 2.22. The zero-order valence-corrected chi connectivity index (χ0v) is 16.3. The zero-order valence-electron chi connectivity index (χ0n) is 16.3. The van der Waals surface area contributed by atoms with E-state index >= 15 is 0 Å². The van der Waals surface area contributed by atoms with Gasteiger partial charge in [0.1, 0.15) is 0 Å². The van der Waals surface area contributed by atoms with E-state index in [0.717, 1.165) is 0 Å². The van der Waals surface area contributed by atoms with Crippen molar-refractivity contribution in [3.05, 3.63) is 94.5 Å². The quantitative estimate of drug-likeness (QED) is 0.399. The molecule has 8 heteroatoms. The highest BCUT2D eigenvalue weighted by Gasteiger charge is 2.19. The van der Waals surface area contributed by atoms with Gasteiger partial charge in [-0.2, -0.15) is 0 Å². The fourth-order valence-electron chi connectivity index (χ4n) is 3.04. The minimum Gasteiger partial charge on any atom is -0.478 e. The molecule has 0 aliphatic carbocycles. The third kappa shape index (κ3) is 4.95. The molecular formula is C23H20N2O6. The van der Waals surface area contributed by atoms with Crippen molar-refractivity contribution < 1.29 is 29.7 Å². The van der Waals surface area contributed by atoms with Crippen LogP contribution in [0.25, 0.3) is 0 Å². The number of hydrogen-bond acceptors (Lipinski definition) is 5. The summed E-state index contributed by atoms with van der Waals surface area (Å²) in [4.78, 5) is 36.9. The minimum absolute atomic E-state index is 0.0348. The Morgan fingerprint density at radius 3 is 1.90 bits per heavy atom. The Balaban J connectivity index is 1.86. The normalized spacial score (nSPS) is 10.4. The Morgan fingerprint density at radius 1 is 0.677 bits per heavy atom. The number of amides is 2. The molecule has 0 saturated heterocycles. The highest BCUT2D eigenvalue weighted by molar-refractivity contribution is 6.15. The predicted molar refractivity (Wildman–Crippen MR) is 114 cm³/mol. The number of carboxylic acids is 1. The summed E-state index contributed by atoms with van der Waals surface area (Å²) in [7, 11) is 0. The van der Waals surface area contributed by atoms with E-state index in [9.17, 15) is 29.7 Å². The van der Waals surface area contributed by atoms with Crippen LogP contribution in [-0.4, -0.2) is 33.1 Å². The number of carbonyl (C=O) groups is 3. The number of benzene rings is 3. The number of rotatable bonds is 7. The minimum atomic E-state index is -1.24. The van der Waals surface area contributed by atoms with E-state index in [-0.39, 0.29) is 35.6 Å². The molecule has 0 aliphatic heterocycles. The summed E-state index contributed by atoms with van der Waals surface area (Å²) < 4.78 is 0. The molecule has 0 saturated carbocycles. The molecule has 0 spiro atoms. The molecule has 5 N–H and O–H groups in total. The molecule has 0 unspecified atom stereocenters.